The van der Waals surface area contributed by atoms with E-state index in [2.05, 4.69) is 9.24 Å². The molecule has 1 saturated carbocycles. The van der Waals surface area contributed by atoms with Crippen LogP contribution in [0.2, 0.25) is 0 Å². The van der Waals surface area contributed by atoms with E-state index in [-0.39, 0.29) is 0 Å². The van der Waals surface area contributed by atoms with Gasteiger partial charge in [-0.1, -0.05) is 38.5 Å². The maximum Gasteiger partial charge on any atom is -0.0381 e. The zero-order chi connectivity index (χ0) is 7.23. The second-order valence-corrected chi connectivity index (χ2v) is 4.01. The van der Waals surface area contributed by atoms with Crippen LogP contribution >= 0.6 is 9.24 Å². The van der Waals surface area contributed by atoms with Crippen molar-refractivity contribution in [3.05, 3.63) is 0 Å². The standard InChI is InChI=1S/C9H19P/c10-8-4-3-7-9-5-1-2-6-9/h9H,1-8,10H2. The maximum atomic E-state index is 2.81. The van der Waals surface area contributed by atoms with Crippen LogP contribution in [0.3, 0.4) is 0 Å². The Labute approximate surface area is 67.0 Å². The number of rotatable bonds is 4. The van der Waals surface area contributed by atoms with Gasteiger partial charge in [0.2, 0.25) is 0 Å². The van der Waals surface area contributed by atoms with E-state index in [0.29, 0.717) is 0 Å². The van der Waals surface area contributed by atoms with E-state index in [1.807, 2.05) is 0 Å². The normalized spacial score (nSPS) is 20.1. The summed E-state index contributed by atoms with van der Waals surface area (Å²) in [7, 11) is 2.81. The summed E-state index contributed by atoms with van der Waals surface area (Å²) in [5, 5.41) is 0. The molecule has 0 radical (unpaired) electrons. The number of unbranched alkanes of at least 4 members (excludes halogenated alkanes) is 1. The lowest BCUT2D eigenvalue weighted by atomic mass is 10.0. The minimum absolute atomic E-state index is 1.11. The van der Waals surface area contributed by atoms with Crippen LogP contribution < -0.4 is 0 Å². The van der Waals surface area contributed by atoms with Gasteiger partial charge in [-0.25, -0.2) is 0 Å². The third kappa shape index (κ3) is 3.01. The molecule has 1 heteroatoms. The summed E-state index contributed by atoms with van der Waals surface area (Å²) in [5.41, 5.74) is 0. The van der Waals surface area contributed by atoms with Gasteiger partial charge < -0.3 is 0 Å². The van der Waals surface area contributed by atoms with Crippen molar-refractivity contribution in [2.24, 2.45) is 5.92 Å². The van der Waals surface area contributed by atoms with Crippen molar-refractivity contribution in [1.29, 1.82) is 0 Å². The Morgan fingerprint density at radius 1 is 1.10 bits per heavy atom. The molecule has 1 aliphatic carbocycles. The van der Waals surface area contributed by atoms with Gasteiger partial charge in [0, 0.05) is 0 Å². The second-order valence-electron chi connectivity index (χ2n) is 3.43. The largest absolute Gasteiger partial charge is 0.138 e. The van der Waals surface area contributed by atoms with Crippen LogP contribution in [0.15, 0.2) is 0 Å². The van der Waals surface area contributed by atoms with E-state index in [9.17, 15) is 0 Å². The molecular formula is C9H19P. The average molecular weight is 158 g/mol. The summed E-state index contributed by atoms with van der Waals surface area (Å²) in [6.07, 6.45) is 11.8. The van der Waals surface area contributed by atoms with Gasteiger partial charge in [0.1, 0.15) is 0 Å². The summed E-state index contributed by atoms with van der Waals surface area (Å²) in [5.74, 6) is 1.11. The summed E-state index contributed by atoms with van der Waals surface area (Å²) in [6.45, 7) is 0. The van der Waals surface area contributed by atoms with Crippen molar-refractivity contribution in [2.75, 3.05) is 6.16 Å². The molecule has 0 aromatic carbocycles. The van der Waals surface area contributed by atoms with E-state index in [1.165, 1.54) is 51.1 Å². The molecule has 0 saturated heterocycles. The molecule has 0 heterocycles. The Hall–Kier alpha value is 0.430. The highest BCUT2D eigenvalue weighted by atomic mass is 31.0. The summed E-state index contributed by atoms with van der Waals surface area (Å²) < 4.78 is 0. The Bertz CT molecular complexity index is 74.8. The van der Waals surface area contributed by atoms with Gasteiger partial charge in [0.25, 0.3) is 0 Å². The Kier molecular flexibility index (Phi) is 4.37. The lowest BCUT2D eigenvalue weighted by Crippen LogP contribution is -1.92. The van der Waals surface area contributed by atoms with Crippen LogP contribution in [0.1, 0.15) is 44.9 Å². The van der Waals surface area contributed by atoms with E-state index in [0.717, 1.165) is 5.92 Å². The molecule has 1 rings (SSSR count). The first-order valence-electron chi connectivity index (χ1n) is 4.63. The zero-order valence-corrected chi connectivity index (χ0v) is 7.97. The third-order valence-electron chi connectivity index (χ3n) is 2.54. The van der Waals surface area contributed by atoms with Crippen molar-refractivity contribution >= 4 is 9.24 Å². The summed E-state index contributed by atoms with van der Waals surface area (Å²) in [4.78, 5) is 0. The number of hydrogen-bond acceptors (Lipinski definition) is 0. The lowest BCUT2D eigenvalue weighted by Gasteiger charge is -2.06. The fourth-order valence-corrected chi connectivity index (χ4v) is 2.17. The molecule has 0 aromatic rings. The van der Waals surface area contributed by atoms with Crippen LogP contribution in [0.4, 0.5) is 0 Å². The van der Waals surface area contributed by atoms with Crippen molar-refractivity contribution < 1.29 is 0 Å². The quantitative estimate of drug-likeness (QED) is 0.435. The van der Waals surface area contributed by atoms with Crippen LogP contribution in [-0.2, 0) is 0 Å². The molecular weight excluding hydrogens is 139 g/mol. The predicted molar refractivity (Wildman–Crippen MR) is 50.4 cm³/mol. The van der Waals surface area contributed by atoms with E-state index in [1.54, 1.807) is 0 Å². The Balaban J connectivity index is 1.91. The monoisotopic (exact) mass is 158 g/mol. The van der Waals surface area contributed by atoms with Gasteiger partial charge in [0.05, 0.1) is 0 Å². The molecule has 0 aromatic heterocycles. The van der Waals surface area contributed by atoms with E-state index >= 15 is 0 Å². The first-order chi connectivity index (χ1) is 4.93. The SMILES string of the molecule is PCCCCC1CCCC1. The Morgan fingerprint density at radius 3 is 2.40 bits per heavy atom. The van der Waals surface area contributed by atoms with Gasteiger partial charge in [-0.05, 0) is 18.5 Å². The molecule has 0 N–H and O–H groups in total. The van der Waals surface area contributed by atoms with Crippen molar-refractivity contribution in [3.8, 4) is 0 Å². The lowest BCUT2D eigenvalue weighted by molar-refractivity contribution is 0.481. The molecule has 1 unspecified atom stereocenters. The van der Waals surface area contributed by atoms with Crippen LogP contribution in [-0.4, -0.2) is 6.16 Å². The molecule has 1 aliphatic rings. The van der Waals surface area contributed by atoms with Crippen LogP contribution in [0.5, 0.6) is 0 Å². The summed E-state index contributed by atoms with van der Waals surface area (Å²) >= 11 is 0. The van der Waals surface area contributed by atoms with Crippen molar-refractivity contribution in [3.63, 3.8) is 0 Å². The average Bonchev–Trinajstić information content (AvgIpc) is 2.41. The number of hydrogen-bond donors (Lipinski definition) is 0. The van der Waals surface area contributed by atoms with E-state index < -0.39 is 0 Å². The molecule has 0 bridgehead atoms. The van der Waals surface area contributed by atoms with Gasteiger partial charge >= 0.3 is 0 Å². The first kappa shape index (κ1) is 8.53. The highest BCUT2D eigenvalue weighted by molar-refractivity contribution is 7.16. The fraction of sp³-hybridized carbons (Fsp3) is 1.00. The molecule has 0 spiro atoms. The van der Waals surface area contributed by atoms with Crippen molar-refractivity contribution in [2.45, 2.75) is 44.9 Å². The minimum atomic E-state index is 1.11. The zero-order valence-electron chi connectivity index (χ0n) is 6.81. The molecule has 0 amide bonds. The molecule has 0 aliphatic heterocycles. The highest BCUT2D eigenvalue weighted by Crippen LogP contribution is 2.28. The van der Waals surface area contributed by atoms with Crippen LogP contribution in [0, 0.1) is 5.92 Å². The van der Waals surface area contributed by atoms with Gasteiger partial charge in [0.15, 0.2) is 0 Å². The first-order valence-corrected chi connectivity index (χ1v) is 5.45. The van der Waals surface area contributed by atoms with Crippen LogP contribution in [0.25, 0.3) is 0 Å². The molecule has 10 heavy (non-hydrogen) atoms. The van der Waals surface area contributed by atoms with Crippen molar-refractivity contribution in [1.82, 2.24) is 0 Å². The molecule has 1 atom stereocenters. The summed E-state index contributed by atoms with van der Waals surface area (Å²) in [6, 6.07) is 0. The fourth-order valence-electron chi connectivity index (χ4n) is 1.88. The predicted octanol–water partition coefficient (Wildman–Crippen LogP) is 3.22. The maximum absolute atomic E-state index is 2.81. The molecule has 0 nitrogen and oxygen atoms in total. The minimum Gasteiger partial charge on any atom is -0.138 e. The smallest absolute Gasteiger partial charge is 0.0381 e. The Morgan fingerprint density at radius 2 is 1.80 bits per heavy atom. The molecule has 1 fully saturated rings. The van der Waals surface area contributed by atoms with Gasteiger partial charge in [-0.15, -0.1) is 9.24 Å². The van der Waals surface area contributed by atoms with E-state index in [4.69, 9.17) is 0 Å². The van der Waals surface area contributed by atoms with Gasteiger partial charge in [-0.3, -0.25) is 0 Å². The second kappa shape index (κ2) is 5.13. The van der Waals surface area contributed by atoms with Gasteiger partial charge in [-0.2, -0.15) is 0 Å². The molecule has 60 valence electrons. The third-order valence-corrected chi connectivity index (χ3v) is 2.95. The topological polar surface area (TPSA) is 0 Å². The highest BCUT2D eigenvalue weighted by Gasteiger charge is 2.13.